The van der Waals surface area contributed by atoms with Crippen molar-refractivity contribution in [3.63, 3.8) is 0 Å². The fraction of sp³-hybridized carbons (Fsp3) is 0.750. The van der Waals surface area contributed by atoms with Gasteiger partial charge >= 0.3 is 5.97 Å². The maximum absolute atomic E-state index is 12.2. The van der Waals surface area contributed by atoms with Gasteiger partial charge in [-0.2, -0.15) is 0 Å². The van der Waals surface area contributed by atoms with E-state index < -0.39 is 6.10 Å². The fourth-order valence-electron chi connectivity index (χ4n) is 3.33. The van der Waals surface area contributed by atoms with Crippen molar-refractivity contribution in [2.75, 3.05) is 0 Å². The van der Waals surface area contributed by atoms with Gasteiger partial charge < -0.3 is 14.6 Å². The smallest absolute Gasteiger partial charge is 0.333 e. The molecule has 1 fully saturated rings. The third-order valence-corrected chi connectivity index (χ3v) is 5.67. The Labute approximate surface area is 145 Å². The Morgan fingerprint density at radius 3 is 2.67 bits per heavy atom. The van der Waals surface area contributed by atoms with E-state index in [0.29, 0.717) is 12.0 Å². The van der Waals surface area contributed by atoms with Crippen molar-refractivity contribution in [3.05, 3.63) is 23.3 Å². The number of carbonyl (C=O) groups is 1. The number of carbonyl (C=O) groups excluding carboxylic acids is 1. The number of hydrogen-bond acceptors (Lipinski definition) is 4. The second kappa shape index (κ2) is 7.01. The standard InChI is InChI=1S/C20H32O4/c1-7-13(2)18(22)23-16-11-14(3)15(21)12-17-20(6,24-17)10-8-9-19(16,4)5/h7,11,15-17,21H,8-10,12H2,1-6H3/b13-7+,14-11+/t15-,16+,17-,20+/m0/s1. The molecule has 0 saturated carbocycles. The molecule has 0 aromatic heterocycles. The van der Waals surface area contributed by atoms with Crippen LogP contribution in [0.5, 0.6) is 0 Å². The Morgan fingerprint density at radius 2 is 2.04 bits per heavy atom. The molecule has 2 rings (SSSR count). The van der Waals surface area contributed by atoms with E-state index in [2.05, 4.69) is 20.8 Å². The van der Waals surface area contributed by atoms with Gasteiger partial charge in [-0.15, -0.1) is 0 Å². The van der Waals surface area contributed by atoms with Gasteiger partial charge in [0.25, 0.3) is 0 Å². The highest BCUT2D eigenvalue weighted by molar-refractivity contribution is 5.87. The normalized spacial score (nSPS) is 39.0. The van der Waals surface area contributed by atoms with Gasteiger partial charge in [0.2, 0.25) is 0 Å². The molecule has 4 heteroatoms. The molecule has 1 aliphatic heterocycles. The molecule has 4 nitrogen and oxygen atoms in total. The first-order chi connectivity index (χ1) is 11.1. The molecule has 4 atom stereocenters. The van der Waals surface area contributed by atoms with Crippen LogP contribution in [0.3, 0.4) is 0 Å². The van der Waals surface area contributed by atoms with Gasteiger partial charge in [-0.3, -0.25) is 0 Å². The summed E-state index contributed by atoms with van der Waals surface area (Å²) in [7, 11) is 0. The number of aliphatic hydroxyl groups excluding tert-OH is 1. The van der Waals surface area contributed by atoms with Crippen LogP contribution < -0.4 is 0 Å². The van der Waals surface area contributed by atoms with Crippen molar-refractivity contribution in [2.45, 2.75) is 91.1 Å². The van der Waals surface area contributed by atoms with Gasteiger partial charge in [-0.25, -0.2) is 4.79 Å². The molecule has 0 radical (unpaired) electrons. The first-order valence-electron chi connectivity index (χ1n) is 8.97. The van der Waals surface area contributed by atoms with E-state index in [1.54, 1.807) is 13.0 Å². The van der Waals surface area contributed by atoms with Crippen LogP contribution in [0.4, 0.5) is 0 Å². The van der Waals surface area contributed by atoms with Gasteiger partial charge in [-0.1, -0.05) is 19.9 Å². The third-order valence-electron chi connectivity index (χ3n) is 5.67. The lowest BCUT2D eigenvalue weighted by Crippen LogP contribution is -2.33. The molecule has 2 aliphatic rings. The zero-order valence-corrected chi connectivity index (χ0v) is 15.9. The Hall–Kier alpha value is -1.13. The topological polar surface area (TPSA) is 59.1 Å². The average molecular weight is 336 g/mol. The highest BCUT2D eigenvalue weighted by Crippen LogP contribution is 2.45. The summed E-state index contributed by atoms with van der Waals surface area (Å²) in [4.78, 5) is 12.2. The van der Waals surface area contributed by atoms with E-state index in [0.717, 1.165) is 24.8 Å². The number of rotatable bonds is 2. The molecule has 0 amide bonds. The summed E-state index contributed by atoms with van der Waals surface area (Å²) in [6.07, 6.45) is 6.44. The molecule has 24 heavy (non-hydrogen) atoms. The third kappa shape index (κ3) is 4.28. The number of ether oxygens (including phenoxy) is 2. The fourth-order valence-corrected chi connectivity index (χ4v) is 3.33. The Morgan fingerprint density at radius 1 is 1.38 bits per heavy atom. The number of hydrogen-bond donors (Lipinski definition) is 1. The van der Waals surface area contributed by atoms with Crippen LogP contribution in [0.1, 0.15) is 67.2 Å². The number of allylic oxidation sites excluding steroid dienone is 1. The first-order valence-corrected chi connectivity index (χ1v) is 8.97. The van der Waals surface area contributed by atoms with E-state index in [1.807, 2.05) is 19.9 Å². The minimum Gasteiger partial charge on any atom is -0.454 e. The van der Waals surface area contributed by atoms with Crippen molar-refractivity contribution in [2.24, 2.45) is 5.41 Å². The minimum atomic E-state index is -0.560. The molecule has 0 spiro atoms. The number of fused-ring (bicyclic) bond motifs is 1. The Balaban J connectivity index is 2.24. The maximum Gasteiger partial charge on any atom is 0.333 e. The second-order valence-electron chi connectivity index (χ2n) is 8.22. The molecular formula is C20H32O4. The lowest BCUT2D eigenvalue weighted by atomic mass is 9.80. The number of aliphatic hydroxyl groups is 1. The van der Waals surface area contributed by atoms with E-state index in [1.165, 1.54) is 0 Å². The van der Waals surface area contributed by atoms with Crippen LogP contribution in [-0.4, -0.2) is 35.0 Å². The van der Waals surface area contributed by atoms with Crippen LogP contribution in [-0.2, 0) is 14.3 Å². The first kappa shape index (κ1) is 19.2. The number of esters is 1. The summed E-state index contributed by atoms with van der Waals surface area (Å²) in [5.41, 5.74) is 1.15. The maximum atomic E-state index is 12.2. The minimum absolute atomic E-state index is 0.102. The van der Waals surface area contributed by atoms with Crippen molar-refractivity contribution in [1.82, 2.24) is 0 Å². The van der Waals surface area contributed by atoms with Gasteiger partial charge in [0.05, 0.1) is 17.8 Å². The predicted molar refractivity (Wildman–Crippen MR) is 94.6 cm³/mol. The van der Waals surface area contributed by atoms with Crippen molar-refractivity contribution in [1.29, 1.82) is 0 Å². The summed E-state index contributed by atoms with van der Waals surface area (Å²) >= 11 is 0. The quantitative estimate of drug-likeness (QED) is 0.359. The molecule has 136 valence electrons. The summed E-state index contributed by atoms with van der Waals surface area (Å²) in [6, 6.07) is 0. The molecule has 0 unspecified atom stereocenters. The second-order valence-corrected chi connectivity index (χ2v) is 8.22. The SMILES string of the molecule is C/C=C(\C)C(=O)O[C@@H]1/C=C(\C)[C@@H](O)C[C@@H]2O[C@]2(C)CCCC1(C)C. The van der Waals surface area contributed by atoms with E-state index in [-0.39, 0.29) is 29.2 Å². The van der Waals surface area contributed by atoms with Gasteiger partial charge in [0, 0.05) is 17.4 Å². The Bertz CT molecular complexity index is 546. The van der Waals surface area contributed by atoms with Crippen LogP contribution in [0.25, 0.3) is 0 Å². The van der Waals surface area contributed by atoms with Gasteiger partial charge in [0.1, 0.15) is 6.10 Å². The molecule has 1 N–H and O–H groups in total. The summed E-state index contributed by atoms with van der Waals surface area (Å²) in [6.45, 7) is 11.9. The lowest BCUT2D eigenvalue weighted by molar-refractivity contribution is -0.147. The monoisotopic (exact) mass is 336 g/mol. The van der Waals surface area contributed by atoms with Gasteiger partial charge in [0.15, 0.2) is 0 Å². The van der Waals surface area contributed by atoms with E-state index in [9.17, 15) is 9.90 Å². The molecule has 1 saturated heterocycles. The van der Waals surface area contributed by atoms with Crippen LogP contribution in [0.2, 0.25) is 0 Å². The molecule has 0 aromatic carbocycles. The highest BCUT2D eigenvalue weighted by Gasteiger charge is 2.52. The van der Waals surface area contributed by atoms with E-state index in [4.69, 9.17) is 9.47 Å². The largest absolute Gasteiger partial charge is 0.454 e. The molecule has 0 aromatic rings. The summed E-state index contributed by atoms with van der Waals surface area (Å²) in [5.74, 6) is -0.290. The highest BCUT2D eigenvalue weighted by atomic mass is 16.6. The lowest BCUT2D eigenvalue weighted by Gasteiger charge is -2.33. The molecular weight excluding hydrogens is 304 g/mol. The zero-order chi connectivity index (χ0) is 18.1. The molecule has 0 bridgehead atoms. The number of epoxide rings is 1. The predicted octanol–water partition coefficient (Wildman–Crippen LogP) is 3.93. The zero-order valence-electron chi connectivity index (χ0n) is 15.9. The average Bonchev–Trinajstić information content (AvgIpc) is 3.13. The molecule has 1 aliphatic carbocycles. The van der Waals surface area contributed by atoms with Crippen LogP contribution in [0, 0.1) is 5.41 Å². The summed E-state index contributed by atoms with van der Waals surface area (Å²) in [5, 5.41) is 10.5. The van der Waals surface area contributed by atoms with Crippen LogP contribution >= 0.6 is 0 Å². The van der Waals surface area contributed by atoms with Crippen molar-refractivity contribution >= 4 is 5.97 Å². The molecule has 1 heterocycles. The Kier molecular flexibility index (Phi) is 5.61. The van der Waals surface area contributed by atoms with E-state index >= 15 is 0 Å². The van der Waals surface area contributed by atoms with Gasteiger partial charge in [-0.05, 0) is 58.6 Å². The van der Waals surface area contributed by atoms with Crippen LogP contribution in [0.15, 0.2) is 23.3 Å². The summed E-state index contributed by atoms with van der Waals surface area (Å²) < 4.78 is 11.6. The van der Waals surface area contributed by atoms with Crippen molar-refractivity contribution in [3.8, 4) is 0 Å². The van der Waals surface area contributed by atoms with Crippen molar-refractivity contribution < 1.29 is 19.4 Å².